The van der Waals surface area contributed by atoms with Gasteiger partial charge in [-0.25, -0.2) is 9.78 Å². The molecular weight excluding hydrogens is 314 g/mol. The van der Waals surface area contributed by atoms with E-state index < -0.39 is 11.9 Å². The molecule has 1 aromatic rings. The summed E-state index contributed by atoms with van der Waals surface area (Å²) in [6.45, 7) is 0.823. The summed E-state index contributed by atoms with van der Waals surface area (Å²) in [5, 5.41) is 11.6. The first-order chi connectivity index (χ1) is 9.06. The lowest BCUT2D eigenvalue weighted by Crippen LogP contribution is -2.44. The van der Waals surface area contributed by atoms with E-state index in [4.69, 9.17) is 5.11 Å². The Morgan fingerprint density at radius 3 is 2.89 bits per heavy atom. The van der Waals surface area contributed by atoms with Gasteiger partial charge in [-0.2, -0.15) is 0 Å². The normalized spacial score (nSPS) is 19.0. The number of aromatic nitrogens is 1. The minimum absolute atomic E-state index is 0.248. The van der Waals surface area contributed by atoms with Crippen LogP contribution in [0.15, 0.2) is 22.8 Å². The Labute approximate surface area is 118 Å². The molecule has 1 saturated heterocycles. The number of amides is 2. The van der Waals surface area contributed by atoms with Gasteiger partial charge in [-0.1, -0.05) is 0 Å². The van der Waals surface area contributed by atoms with E-state index in [0.717, 1.165) is 4.47 Å². The molecule has 1 aliphatic heterocycles. The van der Waals surface area contributed by atoms with E-state index in [1.54, 1.807) is 18.3 Å². The minimum atomic E-state index is -0.848. The van der Waals surface area contributed by atoms with E-state index in [1.807, 2.05) is 0 Å². The average molecular weight is 328 g/mol. The fraction of sp³-hybridized carbons (Fsp3) is 0.417. The van der Waals surface area contributed by atoms with Gasteiger partial charge in [0.05, 0.1) is 5.92 Å². The third kappa shape index (κ3) is 3.66. The number of aliphatic carboxylic acids is 1. The van der Waals surface area contributed by atoms with Crippen molar-refractivity contribution in [1.29, 1.82) is 0 Å². The maximum Gasteiger partial charge on any atom is 0.323 e. The summed E-state index contributed by atoms with van der Waals surface area (Å²) in [5.41, 5.74) is 0. The second kappa shape index (κ2) is 6.01. The van der Waals surface area contributed by atoms with Crippen LogP contribution in [0.3, 0.4) is 0 Å². The average Bonchev–Trinajstić information content (AvgIpc) is 2.41. The molecule has 1 aromatic heterocycles. The molecule has 0 radical (unpaired) electrons. The van der Waals surface area contributed by atoms with Crippen molar-refractivity contribution in [3.63, 3.8) is 0 Å². The molecular formula is C12H14BrN3O3. The maximum absolute atomic E-state index is 12.0. The van der Waals surface area contributed by atoms with E-state index in [0.29, 0.717) is 25.2 Å². The van der Waals surface area contributed by atoms with E-state index >= 15 is 0 Å². The molecule has 0 spiro atoms. The highest BCUT2D eigenvalue weighted by atomic mass is 79.9. The van der Waals surface area contributed by atoms with Gasteiger partial charge in [0.15, 0.2) is 0 Å². The molecule has 1 atom stereocenters. The summed E-state index contributed by atoms with van der Waals surface area (Å²) in [5.74, 6) is -0.873. The molecule has 19 heavy (non-hydrogen) atoms. The Balaban J connectivity index is 1.96. The van der Waals surface area contributed by atoms with E-state index in [-0.39, 0.29) is 12.6 Å². The van der Waals surface area contributed by atoms with Crippen LogP contribution in [0.1, 0.15) is 12.8 Å². The molecule has 1 unspecified atom stereocenters. The van der Waals surface area contributed by atoms with E-state index in [2.05, 4.69) is 26.2 Å². The van der Waals surface area contributed by atoms with Crippen LogP contribution < -0.4 is 5.32 Å². The smallest absolute Gasteiger partial charge is 0.323 e. The molecule has 0 saturated carbocycles. The molecule has 2 N–H and O–H groups in total. The van der Waals surface area contributed by atoms with E-state index in [9.17, 15) is 9.59 Å². The van der Waals surface area contributed by atoms with Gasteiger partial charge in [0.1, 0.15) is 5.82 Å². The Morgan fingerprint density at radius 2 is 2.26 bits per heavy atom. The molecule has 0 bridgehead atoms. The lowest BCUT2D eigenvalue weighted by molar-refractivity contribution is -0.143. The predicted octanol–water partition coefficient (Wildman–Crippen LogP) is 2.17. The van der Waals surface area contributed by atoms with Crippen molar-refractivity contribution in [3.05, 3.63) is 22.8 Å². The molecule has 6 nitrogen and oxygen atoms in total. The Kier molecular flexibility index (Phi) is 4.36. The summed E-state index contributed by atoms with van der Waals surface area (Å²) in [6, 6.07) is 3.15. The largest absolute Gasteiger partial charge is 0.481 e. The lowest BCUT2D eigenvalue weighted by Gasteiger charge is -2.30. The second-order valence-corrected chi connectivity index (χ2v) is 5.33. The van der Waals surface area contributed by atoms with Crippen molar-refractivity contribution in [2.24, 2.45) is 5.92 Å². The zero-order chi connectivity index (χ0) is 13.8. The van der Waals surface area contributed by atoms with Crippen molar-refractivity contribution >= 4 is 33.7 Å². The quantitative estimate of drug-likeness (QED) is 0.872. The third-order valence-corrected chi connectivity index (χ3v) is 3.49. The number of carboxylic acid groups (broad SMARTS) is 1. The topological polar surface area (TPSA) is 82.5 Å². The van der Waals surface area contributed by atoms with Crippen LogP contribution in [-0.4, -0.2) is 40.1 Å². The van der Waals surface area contributed by atoms with Crippen molar-refractivity contribution in [3.8, 4) is 0 Å². The van der Waals surface area contributed by atoms with Crippen LogP contribution in [0.2, 0.25) is 0 Å². The number of nitrogens with one attached hydrogen (secondary N) is 1. The van der Waals surface area contributed by atoms with Crippen molar-refractivity contribution in [1.82, 2.24) is 9.88 Å². The second-order valence-electron chi connectivity index (χ2n) is 4.42. The van der Waals surface area contributed by atoms with Crippen LogP contribution in [0, 0.1) is 5.92 Å². The maximum atomic E-state index is 12.0. The standard InChI is InChI=1S/C12H14BrN3O3/c13-9-3-4-10(14-6-9)15-12(19)16-5-1-2-8(7-16)11(17)18/h3-4,6,8H,1-2,5,7H2,(H,17,18)(H,14,15,19). The Morgan fingerprint density at radius 1 is 1.47 bits per heavy atom. The molecule has 102 valence electrons. The number of likely N-dealkylation sites (tertiary alicyclic amines) is 1. The van der Waals surface area contributed by atoms with Gasteiger partial charge in [0.2, 0.25) is 0 Å². The summed E-state index contributed by atoms with van der Waals surface area (Å²) in [4.78, 5) is 28.5. The highest BCUT2D eigenvalue weighted by Gasteiger charge is 2.28. The number of pyridine rings is 1. The molecule has 0 aromatic carbocycles. The highest BCUT2D eigenvalue weighted by Crippen LogP contribution is 2.18. The summed E-state index contributed by atoms with van der Waals surface area (Å²) in [7, 11) is 0. The lowest BCUT2D eigenvalue weighted by atomic mass is 9.99. The summed E-state index contributed by atoms with van der Waals surface area (Å²) < 4.78 is 0.828. The minimum Gasteiger partial charge on any atom is -0.481 e. The number of piperidine rings is 1. The summed E-state index contributed by atoms with van der Waals surface area (Å²) >= 11 is 3.26. The van der Waals surface area contributed by atoms with Crippen LogP contribution in [0.5, 0.6) is 0 Å². The SMILES string of the molecule is O=C(O)C1CCCN(C(=O)Nc2ccc(Br)cn2)C1. The first-order valence-corrected chi connectivity index (χ1v) is 6.76. The zero-order valence-corrected chi connectivity index (χ0v) is 11.8. The Hall–Kier alpha value is -1.63. The van der Waals surface area contributed by atoms with Crippen molar-refractivity contribution < 1.29 is 14.7 Å². The number of carbonyl (C=O) groups is 2. The molecule has 2 rings (SSSR count). The fourth-order valence-electron chi connectivity index (χ4n) is 2.00. The van der Waals surface area contributed by atoms with Crippen LogP contribution in [0.25, 0.3) is 0 Å². The first-order valence-electron chi connectivity index (χ1n) is 5.96. The van der Waals surface area contributed by atoms with Gasteiger partial charge in [-0.3, -0.25) is 10.1 Å². The van der Waals surface area contributed by atoms with Crippen LogP contribution in [-0.2, 0) is 4.79 Å². The first kappa shape index (κ1) is 13.8. The van der Waals surface area contributed by atoms with Gasteiger partial charge in [-0.05, 0) is 40.9 Å². The molecule has 2 amide bonds. The monoisotopic (exact) mass is 327 g/mol. The molecule has 1 aliphatic rings. The van der Waals surface area contributed by atoms with Gasteiger partial charge in [0.25, 0.3) is 0 Å². The number of hydrogen-bond acceptors (Lipinski definition) is 3. The van der Waals surface area contributed by atoms with E-state index in [1.165, 1.54) is 4.90 Å². The predicted molar refractivity (Wildman–Crippen MR) is 72.9 cm³/mol. The van der Waals surface area contributed by atoms with Gasteiger partial charge in [-0.15, -0.1) is 0 Å². The number of anilines is 1. The van der Waals surface area contributed by atoms with Crippen molar-refractivity contribution in [2.45, 2.75) is 12.8 Å². The molecule has 0 aliphatic carbocycles. The van der Waals surface area contributed by atoms with Crippen molar-refractivity contribution in [2.75, 3.05) is 18.4 Å². The zero-order valence-electron chi connectivity index (χ0n) is 10.2. The summed E-state index contributed by atoms with van der Waals surface area (Å²) in [6.07, 6.45) is 2.92. The van der Waals surface area contributed by atoms with Gasteiger partial charge in [0, 0.05) is 23.8 Å². The number of halogens is 1. The number of nitrogens with zero attached hydrogens (tertiary/aromatic N) is 2. The molecule has 7 heteroatoms. The van der Waals surface area contributed by atoms with Gasteiger partial charge < -0.3 is 10.0 Å². The fourth-order valence-corrected chi connectivity index (χ4v) is 2.24. The number of carboxylic acids is 1. The number of rotatable bonds is 2. The molecule has 2 heterocycles. The number of hydrogen-bond donors (Lipinski definition) is 2. The third-order valence-electron chi connectivity index (χ3n) is 3.02. The van der Waals surface area contributed by atoms with Gasteiger partial charge >= 0.3 is 12.0 Å². The van der Waals surface area contributed by atoms with Crippen LogP contribution in [0.4, 0.5) is 10.6 Å². The Bertz CT molecular complexity index is 478. The number of urea groups is 1. The highest BCUT2D eigenvalue weighted by molar-refractivity contribution is 9.10. The molecule has 1 fully saturated rings. The van der Waals surface area contributed by atoms with Crippen LogP contribution >= 0.6 is 15.9 Å². The number of carbonyl (C=O) groups excluding carboxylic acids is 1.